The van der Waals surface area contributed by atoms with Gasteiger partial charge in [0, 0.05) is 17.7 Å². The van der Waals surface area contributed by atoms with E-state index in [1.165, 1.54) is 19.1 Å². The second-order valence-corrected chi connectivity index (χ2v) is 7.58. The van der Waals surface area contributed by atoms with Gasteiger partial charge < -0.3 is 5.11 Å². The van der Waals surface area contributed by atoms with Gasteiger partial charge in [-0.25, -0.2) is 0 Å². The molecule has 0 spiro atoms. The highest BCUT2D eigenvalue weighted by Crippen LogP contribution is 2.40. The Labute approximate surface area is 167 Å². The molecule has 1 aromatic carbocycles. The number of nitrogens with zero attached hydrogens (tertiary/aromatic N) is 4. The standard InChI is InChI=1S/C18H18BrF3N4O2/c1-10-8-17(28,18(20,21)22)26(23-10)16(27)14-6-4-13(5-7-14)9-25-12(3)15(19)11(2)24-25/h4-7,28H,8-9H2,1-3H3/t17-/m1/s1. The lowest BCUT2D eigenvalue weighted by molar-refractivity contribution is -0.297. The van der Waals surface area contributed by atoms with Gasteiger partial charge in [0.25, 0.3) is 11.6 Å². The van der Waals surface area contributed by atoms with E-state index in [4.69, 9.17) is 0 Å². The molecule has 0 radical (unpaired) electrons. The second kappa shape index (κ2) is 7.00. The number of halogens is 4. The van der Waals surface area contributed by atoms with E-state index in [-0.39, 0.29) is 16.3 Å². The van der Waals surface area contributed by atoms with Crippen molar-refractivity contribution in [3.05, 3.63) is 51.3 Å². The fourth-order valence-electron chi connectivity index (χ4n) is 3.03. The number of carbonyl (C=O) groups is 1. The maximum atomic E-state index is 13.3. The molecule has 150 valence electrons. The van der Waals surface area contributed by atoms with E-state index < -0.39 is 24.2 Å². The van der Waals surface area contributed by atoms with Crippen LogP contribution in [0.15, 0.2) is 33.8 Å². The molecular formula is C18H18BrF3N4O2. The molecule has 1 aliphatic heterocycles. The van der Waals surface area contributed by atoms with Crippen LogP contribution in [0.2, 0.25) is 0 Å². The van der Waals surface area contributed by atoms with Gasteiger partial charge in [0.15, 0.2) is 0 Å². The minimum absolute atomic E-state index is 0.000534. The number of hydrazone groups is 1. The van der Waals surface area contributed by atoms with Crippen LogP contribution in [-0.2, 0) is 6.54 Å². The molecule has 1 atom stereocenters. The van der Waals surface area contributed by atoms with Crippen LogP contribution in [0.1, 0.15) is 40.7 Å². The Balaban J connectivity index is 1.83. The van der Waals surface area contributed by atoms with Gasteiger partial charge in [0.1, 0.15) is 0 Å². The number of alkyl halides is 3. The number of hydrogen-bond donors (Lipinski definition) is 1. The molecule has 6 nitrogen and oxygen atoms in total. The van der Waals surface area contributed by atoms with E-state index in [1.807, 2.05) is 13.8 Å². The fraction of sp³-hybridized carbons (Fsp3) is 0.389. The highest BCUT2D eigenvalue weighted by Gasteiger charge is 2.62. The van der Waals surface area contributed by atoms with Crippen LogP contribution in [0.3, 0.4) is 0 Å². The van der Waals surface area contributed by atoms with Gasteiger partial charge in [-0.3, -0.25) is 9.48 Å². The van der Waals surface area contributed by atoms with Gasteiger partial charge in [0.05, 0.1) is 22.4 Å². The zero-order chi connectivity index (χ0) is 20.9. The maximum absolute atomic E-state index is 13.3. The maximum Gasteiger partial charge on any atom is 0.438 e. The molecule has 0 aliphatic carbocycles. The molecule has 2 heterocycles. The van der Waals surface area contributed by atoms with Gasteiger partial charge in [-0.05, 0) is 54.4 Å². The van der Waals surface area contributed by atoms with Crippen molar-refractivity contribution in [2.45, 2.75) is 45.6 Å². The molecule has 0 bridgehead atoms. The summed E-state index contributed by atoms with van der Waals surface area (Å²) in [5.41, 5.74) is -0.697. The SMILES string of the molecule is CC1=NN(C(=O)c2ccc(Cn3nc(C)c(Br)c3C)cc2)[C@](O)(C(F)(F)F)C1. The molecule has 1 amide bonds. The van der Waals surface area contributed by atoms with Gasteiger partial charge in [-0.15, -0.1) is 0 Å². The Morgan fingerprint density at radius 2 is 1.86 bits per heavy atom. The normalized spacial score (nSPS) is 19.9. The zero-order valence-corrected chi connectivity index (χ0v) is 17.0. The van der Waals surface area contributed by atoms with Crippen molar-refractivity contribution in [1.29, 1.82) is 0 Å². The molecule has 3 rings (SSSR count). The van der Waals surface area contributed by atoms with Crippen molar-refractivity contribution in [2.24, 2.45) is 5.10 Å². The third-order valence-electron chi connectivity index (χ3n) is 4.60. The van der Waals surface area contributed by atoms with Crippen LogP contribution >= 0.6 is 15.9 Å². The van der Waals surface area contributed by atoms with E-state index in [2.05, 4.69) is 26.1 Å². The molecule has 10 heteroatoms. The van der Waals surface area contributed by atoms with Crippen molar-refractivity contribution < 1.29 is 23.1 Å². The number of benzene rings is 1. The van der Waals surface area contributed by atoms with Crippen molar-refractivity contribution in [3.63, 3.8) is 0 Å². The summed E-state index contributed by atoms with van der Waals surface area (Å²) in [5.74, 6) is -1.02. The average molecular weight is 459 g/mol. The van der Waals surface area contributed by atoms with Crippen LogP contribution in [-0.4, -0.2) is 43.4 Å². The topological polar surface area (TPSA) is 70.7 Å². The number of hydrogen-bond acceptors (Lipinski definition) is 4. The summed E-state index contributed by atoms with van der Waals surface area (Å²) < 4.78 is 42.6. The summed E-state index contributed by atoms with van der Waals surface area (Å²) in [7, 11) is 0. The summed E-state index contributed by atoms with van der Waals surface area (Å²) in [6, 6.07) is 6.10. The predicted molar refractivity (Wildman–Crippen MR) is 99.8 cm³/mol. The van der Waals surface area contributed by atoms with Crippen LogP contribution < -0.4 is 0 Å². The number of amides is 1. The molecule has 1 aromatic heterocycles. The van der Waals surface area contributed by atoms with E-state index in [9.17, 15) is 23.1 Å². The first kappa shape index (κ1) is 20.5. The van der Waals surface area contributed by atoms with Crippen LogP contribution in [0.25, 0.3) is 0 Å². The Hall–Kier alpha value is -2.20. The number of aliphatic hydroxyl groups is 1. The molecule has 1 N–H and O–H groups in total. The van der Waals surface area contributed by atoms with Gasteiger partial charge >= 0.3 is 6.18 Å². The average Bonchev–Trinajstić information content (AvgIpc) is 3.06. The Morgan fingerprint density at radius 3 is 2.36 bits per heavy atom. The molecule has 1 aliphatic rings. The van der Waals surface area contributed by atoms with Gasteiger partial charge in [0.2, 0.25) is 0 Å². The minimum atomic E-state index is -5.02. The first-order chi connectivity index (χ1) is 12.9. The lowest BCUT2D eigenvalue weighted by atomic mass is 10.1. The fourth-order valence-corrected chi connectivity index (χ4v) is 3.32. The third kappa shape index (κ3) is 3.46. The molecule has 28 heavy (non-hydrogen) atoms. The predicted octanol–water partition coefficient (Wildman–Crippen LogP) is 3.78. The second-order valence-electron chi connectivity index (χ2n) is 6.78. The number of aryl methyl sites for hydroxylation is 1. The summed E-state index contributed by atoms with van der Waals surface area (Å²) in [6.45, 7) is 5.56. The van der Waals surface area contributed by atoms with Crippen molar-refractivity contribution >= 4 is 27.5 Å². The summed E-state index contributed by atoms with van der Waals surface area (Å²) >= 11 is 3.45. The van der Waals surface area contributed by atoms with Crippen molar-refractivity contribution in [3.8, 4) is 0 Å². The third-order valence-corrected chi connectivity index (χ3v) is 5.74. The molecule has 0 saturated carbocycles. The van der Waals surface area contributed by atoms with E-state index in [0.717, 1.165) is 21.4 Å². The highest BCUT2D eigenvalue weighted by molar-refractivity contribution is 9.10. The number of carbonyl (C=O) groups excluding carboxylic acids is 1. The van der Waals surface area contributed by atoms with E-state index in [0.29, 0.717) is 6.54 Å². The highest BCUT2D eigenvalue weighted by atomic mass is 79.9. The largest absolute Gasteiger partial charge is 0.438 e. The van der Waals surface area contributed by atoms with Crippen LogP contribution in [0, 0.1) is 13.8 Å². The molecular weight excluding hydrogens is 441 g/mol. The molecule has 0 saturated heterocycles. The first-order valence-corrected chi connectivity index (χ1v) is 9.19. The van der Waals surface area contributed by atoms with Gasteiger partial charge in [-0.2, -0.15) is 28.4 Å². The number of aromatic nitrogens is 2. The molecule has 2 aromatic rings. The monoisotopic (exact) mass is 458 g/mol. The first-order valence-electron chi connectivity index (χ1n) is 8.40. The summed E-state index contributed by atoms with van der Waals surface area (Å²) in [6.07, 6.45) is -5.79. The van der Waals surface area contributed by atoms with Crippen molar-refractivity contribution in [1.82, 2.24) is 14.8 Å². The van der Waals surface area contributed by atoms with Crippen LogP contribution in [0.5, 0.6) is 0 Å². The lowest BCUT2D eigenvalue weighted by Gasteiger charge is -2.32. The van der Waals surface area contributed by atoms with Crippen molar-refractivity contribution in [2.75, 3.05) is 0 Å². The van der Waals surface area contributed by atoms with E-state index >= 15 is 0 Å². The summed E-state index contributed by atoms with van der Waals surface area (Å²) in [4.78, 5) is 12.6. The minimum Gasteiger partial charge on any atom is -0.362 e. The Kier molecular flexibility index (Phi) is 5.13. The van der Waals surface area contributed by atoms with Crippen LogP contribution in [0.4, 0.5) is 13.2 Å². The summed E-state index contributed by atoms with van der Waals surface area (Å²) in [5, 5.41) is 18.2. The molecule has 0 unspecified atom stereocenters. The quantitative estimate of drug-likeness (QED) is 0.760. The Morgan fingerprint density at radius 1 is 1.25 bits per heavy atom. The van der Waals surface area contributed by atoms with Gasteiger partial charge in [-0.1, -0.05) is 12.1 Å². The Bertz CT molecular complexity index is 953. The zero-order valence-electron chi connectivity index (χ0n) is 15.4. The molecule has 0 fully saturated rings. The smallest absolute Gasteiger partial charge is 0.362 e. The lowest BCUT2D eigenvalue weighted by Crippen LogP contribution is -2.56. The van der Waals surface area contributed by atoms with E-state index in [1.54, 1.807) is 16.8 Å². The number of rotatable bonds is 3.